The third-order valence-electron chi connectivity index (χ3n) is 3.89. The molecule has 3 N–H and O–H groups in total. The number of benzene rings is 2. The SMILES string of the molecule is O=C(CSCC(=O)Nc1ccc(F)cc1)NNC(=O)c1cncn1-c1ccc(F)cc1. The zero-order valence-corrected chi connectivity index (χ0v) is 16.8. The van der Waals surface area contributed by atoms with Gasteiger partial charge >= 0.3 is 0 Å². The van der Waals surface area contributed by atoms with Crippen molar-refractivity contribution in [1.29, 1.82) is 0 Å². The lowest BCUT2D eigenvalue weighted by molar-refractivity contribution is -0.119. The Balaban J connectivity index is 1.42. The Morgan fingerprint density at radius 3 is 2.16 bits per heavy atom. The maximum Gasteiger partial charge on any atom is 0.288 e. The van der Waals surface area contributed by atoms with Crippen LogP contribution in [0.1, 0.15) is 10.5 Å². The van der Waals surface area contributed by atoms with E-state index in [-0.39, 0.29) is 23.1 Å². The van der Waals surface area contributed by atoms with Crippen molar-refractivity contribution in [2.75, 3.05) is 16.8 Å². The van der Waals surface area contributed by atoms with E-state index in [2.05, 4.69) is 21.2 Å². The van der Waals surface area contributed by atoms with Gasteiger partial charge in [0.1, 0.15) is 17.3 Å². The first kappa shape index (κ1) is 22.0. The summed E-state index contributed by atoms with van der Waals surface area (Å²) in [4.78, 5) is 40.0. The molecular formula is C20H17F2N5O3S. The lowest BCUT2D eigenvalue weighted by atomic mass is 10.3. The van der Waals surface area contributed by atoms with Crippen molar-refractivity contribution in [3.63, 3.8) is 0 Å². The fourth-order valence-corrected chi connectivity index (χ4v) is 3.08. The molecule has 0 spiro atoms. The Bertz CT molecular complexity index is 1070. The largest absolute Gasteiger partial charge is 0.325 e. The highest BCUT2D eigenvalue weighted by atomic mass is 32.2. The van der Waals surface area contributed by atoms with Gasteiger partial charge in [0.25, 0.3) is 5.91 Å². The molecule has 2 aromatic carbocycles. The zero-order chi connectivity index (χ0) is 22.2. The van der Waals surface area contributed by atoms with E-state index >= 15 is 0 Å². The van der Waals surface area contributed by atoms with Gasteiger partial charge in [-0.2, -0.15) is 0 Å². The molecule has 8 nitrogen and oxygen atoms in total. The molecule has 0 bridgehead atoms. The number of hydrogen-bond donors (Lipinski definition) is 3. The lowest BCUT2D eigenvalue weighted by Gasteiger charge is -2.10. The minimum atomic E-state index is -0.616. The molecule has 0 radical (unpaired) electrons. The first-order valence-corrected chi connectivity index (χ1v) is 10.1. The average Bonchev–Trinajstić information content (AvgIpc) is 3.24. The zero-order valence-electron chi connectivity index (χ0n) is 16.0. The van der Waals surface area contributed by atoms with E-state index in [1.54, 1.807) is 0 Å². The normalized spacial score (nSPS) is 10.4. The van der Waals surface area contributed by atoms with Crippen LogP contribution in [0.2, 0.25) is 0 Å². The third-order valence-corrected chi connectivity index (χ3v) is 4.82. The quantitative estimate of drug-likeness (QED) is 0.484. The molecule has 31 heavy (non-hydrogen) atoms. The number of carbonyl (C=O) groups excluding carboxylic acids is 3. The van der Waals surface area contributed by atoms with Crippen LogP contribution in [-0.4, -0.2) is 38.8 Å². The molecule has 0 aliphatic rings. The van der Waals surface area contributed by atoms with Crippen LogP contribution in [0.15, 0.2) is 61.1 Å². The van der Waals surface area contributed by atoms with E-state index in [4.69, 9.17) is 0 Å². The van der Waals surface area contributed by atoms with Crippen LogP contribution in [0.25, 0.3) is 5.69 Å². The van der Waals surface area contributed by atoms with E-state index in [1.165, 1.54) is 65.6 Å². The van der Waals surface area contributed by atoms with Gasteiger partial charge in [-0.05, 0) is 48.5 Å². The molecule has 160 valence electrons. The molecule has 0 unspecified atom stereocenters. The van der Waals surface area contributed by atoms with Crippen molar-refractivity contribution >= 4 is 35.2 Å². The second-order valence-corrected chi connectivity index (χ2v) is 7.16. The summed E-state index contributed by atoms with van der Waals surface area (Å²) in [6.07, 6.45) is 2.69. The van der Waals surface area contributed by atoms with Gasteiger partial charge in [-0.1, -0.05) is 0 Å². The van der Waals surface area contributed by atoms with Gasteiger partial charge in [0.15, 0.2) is 0 Å². The number of amides is 3. The second kappa shape index (κ2) is 10.3. The molecule has 11 heteroatoms. The van der Waals surface area contributed by atoms with E-state index in [0.29, 0.717) is 11.4 Å². The number of thioether (sulfide) groups is 1. The highest BCUT2D eigenvalue weighted by Gasteiger charge is 2.14. The topological polar surface area (TPSA) is 105 Å². The van der Waals surface area contributed by atoms with Crippen LogP contribution in [0, 0.1) is 11.6 Å². The first-order chi connectivity index (χ1) is 14.9. The molecule has 3 rings (SSSR count). The third kappa shape index (κ3) is 6.37. The molecular weight excluding hydrogens is 428 g/mol. The van der Waals surface area contributed by atoms with Gasteiger partial charge in [-0.3, -0.25) is 29.8 Å². The molecule has 0 atom stereocenters. The summed E-state index contributed by atoms with van der Waals surface area (Å²) >= 11 is 1.04. The number of rotatable bonds is 7. The number of aromatic nitrogens is 2. The number of imidazole rings is 1. The maximum absolute atomic E-state index is 13.1. The molecule has 3 amide bonds. The molecule has 0 aliphatic heterocycles. The molecule has 1 heterocycles. The Labute approximate surface area is 180 Å². The van der Waals surface area contributed by atoms with Gasteiger partial charge in [-0.25, -0.2) is 13.8 Å². The Morgan fingerprint density at radius 2 is 1.48 bits per heavy atom. The Morgan fingerprint density at radius 1 is 0.871 bits per heavy atom. The summed E-state index contributed by atoms with van der Waals surface area (Å²) in [7, 11) is 0. The summed E-state index contributed by atoms with van der Waals surface area (Å²) in [6.45, 7) is 0. The summed E-state index contributed by atoms with van der Waals surface area (Å²) < 4.78 is 27.4. The predicted octanol–water partition coefficient (Wildman–Crippen LogP) is 2.28. The number of hydrazine groups is 1. The van der Waals surface area contributed by atoms with E-state index in [0.717, 1.165) is 11.8 Å². The number of nitrogens with zero attached hydrogens (tertiary/aromatic N) is 2. The van der Waals surface area contributed by atoms with Crippen molar-refractivity contribution in [2.24, 2.45) is 0 Å². The smallest absolute Gasteiger partial charge is 0.288 e. The predicted molar refractivity (Wildman–Crippen MR) is 111 cm³/mol. The standard InChI is InChI=1S/C20H17F2N5O3S/c21-13-1-5-15(6-2-13)24-18(28)10-31-11-19(29)25-26-20(30)17-9-23-12-27(17)16-7-3-14(22)4-8-16/h1-9,12H,10-11H2,(H,24,28)(H,25,29)(H,26,30). The minimum Gasteiger partial charge on any atom is -0.325 e. The highest BCUT2D eigenvalue weighted by molar-refractivity contribution is 8.00. The number of anilines is 1. The van der Waals surface area contributed by atoms with Gasteiger partial charge < -0.3 is 5.32 Å². The van der Waals surface area contributed by atoms with E-state index < -0.39 is 23.4 Å². The molecule has 0 fully saturated rings. The van der Waals surface area contributed by atoms with Crippen molar-refractivity contribution in [1.82, 2.24) is 20.4 Å². The van der Waals surface area contributed by atoms with Crippen molar-refractivity contribution < 1.29 is 23.2 Å². The second-order valence-electron chi connectivity index (χ2n) is 6.18. The molecule has 1 aromatic heterocycles. The van der Waals surface area contributed by atoms with Crippen molar-refractivity contribution in [2.45, 2.75) is 0 Å². The number of hydrogen-bond acceptors (Lipinski definition) is 5. The monoisotopic (exact) mass is 445 g/mol. The van der Waals surface area contributed by atoms with Crippen molar-refractivity contribution in [3.05, 3.63) is 78.4 Å². The molecule has 0 saturated heterocycles. The maximum atomic E-state index is 13.1. The fraction of sp³-hybridized carbons (Fsp3) is 0.100. The van der Waals surface area contributed by atoms with Gasteiger partial charge in [0.05, 0.1) is 24.0 Å². The fourth-order valence-electron chi connectivity index (χ4n) is 2.46. The van der Waals surface area contributed by atoms with Crippen LogP contribution >= 0.6 is 11.8 Å². The first-order valence-electron chi connectivity index (χ1n) is 8.93. The highest BCUT2D eigenvalue weighted by Crippen LogP contribution is 2.12. The Hall–Kier alpha value is -3.73. The molecule has 0 aliphatic carbocycles. The van der Waals surface area contributed by atoms with Crippen LogP contribution < -0.4 is 16.2 Å². The van der Waals surface area contributed by atoms with Crippen LogP contribution in [0.5, 0.6) is 0 Å². The van der Waals surface area contributed by atoms with Crippen LogP contribution in [0.4, 0.5) is 14.5 Å². The van der Waals surface area contributed by atoms with E-state index in [1.807, 2.05) is 0 Å². The van der Waals surface area contributed by atoms with Gasteiger partial charge in [0, 0.05) is 11.4 Å². The van der Waals surface area contributed by atoms with Gasteiger partial charge in [0.2, 0.25) is 11.8 Å². The summed E-state index contributed by atoms with van der Waals surface area (Å²) in [5.74, 6) is -2.38. The van der Waals surface area contributed by atoms with Crippen LogP contribution in [-0.2, 0) is 9.59 Å². The molecule has 3 aromatic rings. The van der Waals surface area contributed by atoms with Crippen LogP contribution in [0.3, 0.4) is 0 Å². The summed E-state index contributed by atoms with van der Waals surface area (Å²) in [6, 6.07) is 10.8. The van der Waals surface area contributed by atoms with Gasteiger partial charge in [-0.15, -0.1) is 11.8 Å². The lowest BCUT2D eigenvalue weighted by Crippen LogP contribution is -2.43. The summed E-state index contributed by atoms with van der Waals surface area (Å²) in [5, 5.41) is 2.58. The minimum absolute atomic E-state index is 0.00389. The van der Waals surface area contributed by atoms with E-state index in [9.17, 15) is 23.2 Å². The summed E-state index contributed by atoms with van der Waals surface area (Å²) in [5.41, 5.74) is 5.63. The number of nitrogens with one attached hydrogen (secondary N) is 3. The Kier molecular flexibility index (Phi) is 7.33. The number of halogens is 2. The average molecular weight is 445 g/mol. The van der Waals surface area contributed by atoms with Crippen molar-refractivity contribution in [3.8, 4) is 5.69 Å². The number of carbonyl (C=O) groups is 3. The molecule has 0 saturated carbocycles.